The number of ether oxygens (including phenoxy) is 1. The van der Waals surface area contributed by atoms with Gasteiger partial charge >= 0.3 is 0 Å². The molecule has 0 aliphatic heterocycles. The summed E-state index contributed by atoms with van der Waals surface area (Å²) in [6.07, 6.45) is 3.36. The van der Waals surface area contributed by atoms with Crippen LogP contribution in [-0.4, -0.2) is 22.3 Å². The van der Waals surface area contributed by atoms with Crippen LogP contribution in [0.15, 0.2) is 84.0 Å². The molecule has 32 heavy (non-hydrogen) atoms. The molecule has 0 saturated carbocycles. The fraction of sp³-hybridized carbons (Fsp3) is 0.250. The van der Waals surface area contributed by atoms with E-state index in [-0.39, 0.29) is 0 Å². The molecule has 3 nitrogen and oxygen atoms in total. The molecule has 1 aromatic heterocycles. The van der Waals surface area contributed by atoms with Gasteiger partial charge in [0, 0.05) is 16.9 Å². The molecule has 0 saturated heterocycles. The van der Waals surface area contributed by atoms with Gasteiger partial charge in [0.1, 0.15) is 5.75 Å². The predicted octanol–water partition coefficient (Wildman–Crippen LogP) is 7.70. The third kappa shape index (κ3) is 5.83. The lowest BCUT2D eigenvalue weighted by Crippen LogP contribution is -1.99. The summed E-state index contributed by atoms with van der Waals surface area (Å²) in [7, 11) is 0. The van der Waals surface area contributed by atoms with Crippen molar-refractivity contribution in [3.63, 3.8) is 0 Å². The summed E-state index contributed by atoms with van der Waals surface area (Å²) in [6.45, 7) is 4.97. The van der Waals surface area contributed by atoms with E-state index >= 15 is 0 Å². The zero-order chi connectivity index (χ0) is 22.2. The summed E-state index contributed by atoms with van der Waals surface area (Å²) < 4.78 is 5.97. The molecular formula is C28H30N2OS. The minimum Gasteiger partial charge on any atom is -0.493 e. The highest BCUT2D eigenvalue weighted by Gasteiger charge is 2.14. The molecule has 0 aliphatic carbocycles. The number of aromatic nitrogens is 2. The number of aryl methyl sites for hydroxylation is 2. The van der Waals surface area contributed by atoms with Gasteiger partial charge in [-0.05, 0) is 50.3 Å². The van der Waals surface area contributed by atoms with E-state index in [1.807, 2.05) is 12.1 Å². The van der Waals surface area contributed by atoms with Crippen molar-refractivity contribution >= 4 is 11.8 Å². The molecule has 0 aliphatic rings. The lowest BCUT2D eigenvalue weighted by molar-refractivity contribution is 0.304. The molecular weight excluding hydrogens is 412 g/mol. The van der Waals surface area contributed by atoms with Gasteiger partial charge in [-0.3, -0.25) is 0 Å². The van der Waals surface area contributed by atoms with Gasteiger partial charge in [0.15, 0.2) is 5.16 Å². The average molecular weight is 443 g/mol. The SMILES string of the molecule is Cc1ccc(C)c(OCCCCCSc2nc(-c3ccccc3)c(-c3ccccc3)[nH]2)c1. The highest BCUT2D eigenvalue weighted by molar-refractivity contribution is 7.99. The van der Waals surface area contributed by atoms with Gasteiger partial charge in [-0.1, -0.05) is 84.6 Å². The van der Waals surface area contributed by atoms with Crippen molar-refractivity contribution in [3.05, 3.63) is 90.0 Å². The summed E-state index contributed by atoms with van der Waals surface area (Å²) >= 11 is 1.80. The third-order valence-electron chi connectivity index (χ3n) is 5.42. The van der Waals surface area contributed by atoms with Crippen LogP contribution < -0.4 is 4.74 Å². The van der Waals surface area contributed by atoms with E-state index in [1.165, 1.54) is 11.1 Å². The Hall–Kier alpha value is -2.98. The number of nitrogens with zero attached hydrogens (tertiary/aromatic N) is 1. The minimum atomic E-state index is 0.770. The van der Waals surface area contributed by atoms with Crippen LogP contribution >= 0.6 is 11.8 Å². The maximum absolute atomic E-state index is 5.97. The van der Waals surface area contributed by atoms with Crippen molar-refractivity contribution in [2.75, 3.05) is 12.4 Å². The first-order chi connectivity index (χ1) is 15.7. The molecule has 4 heteroatoms. The van der Waals surface area contributed by atoms with Crippen molar-refractivity contribution < 1.29 is 4.74 Å². The lowest BCUT2D eigenvalue weighted by Gasteiger charge is -2.09. The molecule has 0 bridgehead atoms. The molecule has 0 fully saturated rings. The molecule has 0 spiro atoms. The maximum atomic E-state index is 5.97. The number of rotatable bonds is 10. The molecule has 0 radical (unpaired) electrons. The lowest BCUT2D eigenvalue weighted by atomic mass is 10.1. The van der Waals surface area contributed by atoms with E-state index in [1.54, 1.807) is 11.8 Å². The minimum absolute atomic E-state index is 0.770. The molecule has 1 N–H and O–H groups in total. The molecule has 3 aromatic carbocycles. The Labute approximate surface area is 195 Å². The number of hydrogen-bond acceptors (Lipinski definition) is 3. The van der Waals surface area contributed by atoms with Gasteiger partial charge in [0.2, 0.25) is 0 Å². The maximum Gasteiger partial charge on any atom is 0.166 e. The molecule has 0 amide bonds. The number of H-pyrrole nitrogens is 1. The van der Waals surface area contributed by atoms with E-state index in [9.17, 15) is 0 Å². The van der Waals surface area contributed by atoms with Gasteiger partial charge in [-0.15, -0.1) is 0 Å². The van der Waals surface area contributed by atoms with Crippen LogP contribution in [-0.2, 0) is 0 Å². The summed E-state index contributed by atoms with van der Waals surface area (Å²) in [4.78, 5) is 8.49. The summed E-state index contributed by atoms with van der Waals surface area (Å²) in [6, 6.07) is 27.2. The highest BCUT2D eigenvalue weighted by Crippen LogP contribution is 2.32. The van der Waals surface area contributed by atoms with E-state index in [0.29, 0.717) is 0 Å². The summed E-state index contributed by atoms with van der Waals surface area (Å²) in [5.74, 6) is 2.05. The van der Waals surface area contributed by atoms with Crippen LogP contribution in [0.2, 0.25) is 0 Å². The van der Waals surface area contributed by atoms with E-state index in [0.717, 1.165) is 65.0 Å². The monoisotopic (exact) mass is 442 g/mol. The van der Waals surface area contributed by atoms with Crippen molar-refractivity contribution in [3.8, 4) is 28.3 Å². The first-order valence-electron chi connectivity index (χ1n) is 11.2. The van der Waals surface area contributed by atoms with E-state index in [4.69, 9.17) is 9.72 Å². The van der Waals surface area contributed by atoms with Gasteiger partial charge in [0.25, 0.3) is 0 Å². The standard InChI is InChI=1S/C28H30N2OS/c1-21-16-17-22(2)25(20-21)31-18-10-5-11-19-32-28-29-26(23-12-6-3-7-13-23)27(30-28)24-14-8-4-9-15-24/h3-4,6-9,12-17,20H,5,10-11,18-19H2,1-2H3,(H,29,30). The van der Waals surface area contributed by atoms with Crippen LogP contribution in [0.5, 0.6) is 5.75 Å². The second-order valence-electron chi connectivity index (χ2n) is 8.02. The number of nitrogens with one attached hydrogen (secondary N) is 1. The zero-order valence-electron chi connectivity index (χ0n) is 18.8. The Morgan fingerprint density at radius 3 is 2.28 bits per heavy atom. The van der Waals surface area contributed by atoms with Crippen molar-refractivity contribution in [1.29, 1.82) is 0 Å². The van der Waals surface area contributed by atoms with Crippen LogP contribution in [0.25, 0.3) is 22.5 Å². The number of benzene rings is 3. The normalized spacial score (nSPS) is 10.9. The quantitative estimate of drug-likeness (QED) is 0.202. The largest absolute Gasteiger partial charge is 0.493 e. The van der Waals surface area contributed by atoms with Crippen molar-refractivity contribution in [1.82, 2.24) is 9.97 Å². The van der Waals surface area contributed by atoms with Crippen molar-refractivity contribution in [2.24, 2.45) is 0 Å². The van der Waals surface area contributed by atoms with Gasteiger partial charge < -0.3 is 9.72 Å². The second kappa shape index (κ2) is 11.1. The smallest absolute Gasteiger partial charge is 0.166 e. The average Bonchev–Trinajstić information content (AvgIpc) is 3.26. The second-order valence-corrected chi connectivity index (χ2v) is 9.11. The Balaban J connectivity index is 1.30. The Kier molecular flexibility index (Phi) is 7.68. The topological polar surface area (TPSA) is 37.9 Å². The molecule has 1 heterocycles. The number of unbranched alkanes of at least 4 members (excludes halogenated alkanes) is 2. The van der Waals surface area contributed by atoms with Crippen molar-refractivity contribution in [2.45, 2.75) is 38.3 Å². The number of imidazole rings is 1. The molecule has 4 rings (SSSR count). The first kappa shape index (κ1) is 22.2. The van der Waals surface area contributed by atoms with Gasteiger partial charge in [-0.2, -0.15) is 0 Å². The van der Waals surface area contributed by atoms with Gasteiger partial charge in [-0.25, -0.2) is 4.98 Å². The fourth-order valence-corrected chi connectivity index (χ4v) is 4.51. The Morgan fingerprint density at radius 2 is 1.53 bits per heavy atom. The predicted molar refractivity (Wildman–Crippen MR) is 135 cm³/mol. The van der Waals surface area contributed by atoms with Crippen LogP contribution in [0, 0.1) is 13.8 Å². The van der Waals surface area contributed by atoms with E-state index in [2.05, 4.69) is 85.6 Å². The number of aromatic amines is 1. The van der Waals surface area contributed by atoms with Crippen LogP contribution in [0.3, 0.4) is 0 Å². The third-order valence-corrected chi connectivity index (χ3v) is 6.38. The van der Waals surface area contributed by atoms with Crippen LogP contribution in [0.1, 0.15) is 30.4 Å². The molecule has 4 aromatic rings. The number of thioether (sulfide) groups is 1. The van der Waals surface area contributed by atoms with E-state index < -0.39 is 0 Å². The van der Waals surface area contributed by atoms with Gasteiger partial charge in [0.05, 0.1) is 18.0 Å². The molecule has 0 atom stereocenters. The highest BCUT2D eigenvalue weighted by atomic mass is 32.2. The Morgan fingerprint density at radius 1 is 0.812 bits per heavy atom. The molecule has 0 unspecified atom stereocenters. The summed E-state index contributed by atoms with van der Waals surface area (Å²) in [5.41, 5.74) is 6.84. The van der Waals surface area contributed by atoms with Crippen LogP contribution in [0.4, 0.5) is 0 Å². The summed E-state index contributed by atoms with van der Waals surface area (Å²) in [5, 5.41) is 0.981. The zero-order valence-corrected chi connectivity index (χ0v) is 19.6. The molecule has 164 valence electrons. The first-order valence-corrected chi connectivity index (χ1v) is 12.2. The number of hydrogen-bond donors (Lipinski definition) is 1. The Bertz CT molecular complexity index is 1070. The fourth-order valence-electron chi connectivity index (χ4n) is 3.63.